The minimum Gasteiger partial charge on any atom is -0.462 e. The minimum atomic E-state index is -0.761. The van der Waals surface area contributed by atoms with Gasteiger partial charge in [0.25, 0.3) is 0 Å². The fraction of sp³-hybridized carbons (Fsp3) is 0.954. The quantitative estimate of drug-likeness (QED) is 0.0343. The molecule has 0 aliphatic rings. The Morgan fingerprint density at radius 1 is 0.225 bits per heavy atom. The van der Waals surface area contributed by atoms with Gasteiger partial charge in [-0.25, -0.2) is 0 Å². The summed E-state index contributed by atoms with van der Waals surface area (Å²) in [5.41, 5.74) is 0. The second kappa shape index (κ2) is 61.0. The third-order valence-electron chi connectivity index (χ3n) is 15.1. The van der Waals surface area contributed by atoms with Crippen molar-refractivity contribution in [2.45, 2.75) is 386 Å². The standard InChI is InChI=1S/C65H126O6/c1-4-7-10-13-16-18-20-22-24-26-28-30-32-34-36-38-40-42-44-46-49-52-55-58-64(67)70-61-62(60-69-63(66)57-54-51-48-15-12-9-6-3)71-65(68)59-56-53-50-47-45-43-41-39-37-35-33-31-29-27-25-23-21-19-17-14-11-8-5-2/h62H,4-61H2,1-3H3. The van der Waals surface area contributed by atoms with E-state index in [2.05, 4.69) is 20.8 Å². The first-order valence-corrected chi connectivity index (χ1v) is 32.5. The number of rotatable bonds is 61. The summed E-state index contributed by atoms with van der Waals surface area (Å²) >= 11 is 0. The van der Waals surface area contributed by atoms with Gasteiger partial charge in [-0.15, -0.1) is 0 Å². The van der Waals surface area contributed by atoms with Crippen LogP contribution in [0.5, 0.6) is 0 Å². The maximum absolute atomic E-state index is 12.9. The molecule has 0 aromatic carbocycles. The smallest absolute Gasteiger partial charge is 0.306 e. The number of hydrogen-bond acceptors (Lipinski definition) is 6. The van der Waals surface area contributed by atoms with Crippen molar-refractivity contribution in [1.82, 2.24) is 0 Å². The van der Waals surface area contributed by atoms with Gasteiger partial charge in [-0.3, -0.25) is 14.4 Å². The lowest BCUT2D eigenvalue weighted by molar-refractivity contribution is -0.167. The van der Waals surface area contributed by atoms with Gasteiger partial charge in [-0.2, -0.15) is 0 Å². The monoisotopic (exact) mass is 1000 g/mol. The van der Waals surface area contributed by atoms with Crippen LogP contribution in [-0.2, 0) is 28.6 Å². The van der Waals surface area contributed by atoms with Gasteiger partial charge in [0, 0.05) is 19.3 Å². The molecule has 0 saturated heterocycles. The van der Waals surface area contributed by atoms with Gasteiger partial charge in [-0.05, 0) is 19.3 Å². The average molecular weight is 1000 g/mol. The van der Waals surface area contributed by atoms with Crippen molar-refractivity contribution >= 4 is 17.9 Å². The van der Waals surface area contributed by atoms with E-state index >= 15 is 0 Å². The van der Waals surface area contributed by atoms with Gasteiger partial charge in [0.2, 0.25) is 0 Å². The highest BCUT2D eigenvalue weighted by Crippen LogP contribution is 2.19. The molecule has 0 amide bonds. The first-order valence-electron chi connectivity index (χ1n) is 32.5. The summed E-state index contributed by atoms with van der Waals surface area (Å²) in [7, 11) is 0. The van der Waals surface area contributed by atoms with Crippen molar-refractivity contribution in [1.29, 1.82) is 0 Å². The summed E-state index contributed by atoms with van der Waals surface area (Å²) in [5.74, 6) is -0.836. The third kappa shape index (κ3) is 59.2. The number of carbonyl (C=O) groups excluding carboxylic acids is 3. The molecule has 6 nitrogen and oxygen atoms in total. The normalized spacial score (nSPS) is 11.9. The third-order valence-corrected chi connectivity index (χ3v) is 15.1. The van der Waals surface area contributed by atoms with Gasteiger partial charge in [-0.1, -0.05) is 342 Å². The Kier molecular flexibility index (Phi) is 59.6. The Hall–Kier alpha value is -1.59. The molecule has 0 radical (unpaired) electrons. The number of carbonyl (C=O) groups is 3. The Morgan fingerprint density at radius 3 is 0.563 bits per heavy atom. The van der Waals surface area contributed by atoms with E-state index in [1.807, 2.05) is 0 Å². The zero-order valence-corrected chi connectivity index (χ0v) is 48.5. The van der Waals surface area contributed by atoms with Gasteiger partial charge in [0.1, 0.15) is 13.2 Å². The maximum Gasteiger partial charge on any atom is 0.306 e. The maximum atomic E-state index is 12.9. The molecule has 0 heterocycles. The minimum absolute atomic E-state index is 0.0615. The zero-order chi connectivity index (χ0) is 51.4. The van der Waals surface area contributed by atoms with E-state index in [9.17, 15) is 14.4 Å². The van der Waals surface area contributed by atoms with Crippen LogP contribution in [0.25, 0.3) is 0 Å². The molecule has 1 unspecified atom stereocenters. The average Bonchev–Trinajstić information content (AvgIpc) is 3.37. The highest BCUT2D eigenvalue weighted by Gasteiger charge is 2.19. The molecule has 0 aromatic rings. The van der Waals surface area contributed by atoms with E-state index < -0.39 is 6.10 Å². The molecule has 0 bridgehead atoms. The molecular weight excluding hydrogens is 877 g/mol. The molecule has 0 aliphatic carbocycles. The van der Waals surface area contributed by atoms with Crippen molar-refractivity contribution in [2.75, 3.05) is 13.2 Å². The predicted octanol–water partition coefficient (Wildman–Crippen LogP) is 21.9. The molecule has 0 spiro atoms. The van der Waals surface area contributed by atoms with Crippen LogP contribution in [0.2, 0.25) is 0 Å². The van der Waals surface area contributed by atoms with Gasteiger partial charge >= 0.3 is 17.9 Å². The Labute approximate surface area is 444 Å². The van der Waals surface area contributed by atoms with Crippen LogP contribution < -0.4 is 0 Å². The molecule has 0 saturated carbocycles. The van der Waals surface area contributed by atoms with E-state index in [-0.39, 0.29) is 31.1 Å². The Morgan fingerprint density at radius 2 is 0.380 bits per heavy atom. The van der Waals surface area contributed by atoms with Crippen LogP contribution in [0.4, 0.5) is 0 Å². The van der Waals surface area contributed by atoms with E-state index in [1.165, 1.54) is 283 Å². The van der Waals surface area contributed by atoms with E-state index in [0.29, 0.717) is 19.3 Å². The molecule has 0 N–H and O–H groups in total. The first kappa shape index (κ1) is 69.4. The fourth-order valence-electron chi connectivity index (χ4n) is 10.2. The second-order valence-corrected chi connectivity index (χ2v) is 22.4. The van der Waals surface area contributed by atoms with Gasteiger partial charge < -0.3 is 14.2 Å². The van der Waals surface area contributed by atoms with Crippen molar-refractivity contribution in [3.8, 4) is 0 Å². The summed E-state index contributed by atoms with van der Waals surface area (Å²) in [4.78, 5) is 38.1. The van der Waals surface area contributed by atoms with Crippen LogP contribution in [0.3, 0.4) is 0 Å². The highest BCUT2D eigenvalue weighted by molar-refractivity contribution is 5.71. The lowest BCUT2D eigenvalue weighted by atomic mass is 10.0. The van der Waals surface area contributed by atoms with Crippen LogP contribution in [0, 0.1) is 0 Å². The molecule has 0 aromatic heterocycles. The molecule has 1 atom stereocenters. The number of esters is 3. The molecule has 0 rings (SSSR count). The van der Waals surface area contributed by atoms with Crippen LogP contribution in [0.15, 0.2) is 0 Å². The Balaban J connectivity index is 4.04. The first-order chi connectivity index (χ1) is 35.0. The number of ether oxygens (including phenoxy) is 3. The van der Waals surface area contributed by atoms with Crippen molar-refractivity contribution in [2.24, 2.45) is 0 Å². The summed E-state index contributed by atoms with van der Waals surface area (Å²) in [6, 6.07) is 0. The Bertz CT molecular complexity index is 1060. The van der Waals surface area contributed by atoms with Gasteiger partial charge in [0.05, 0.1) is 0 Å². The van der Waals surface area contributed by atoms with Gasteiger partial charge in [0.15, 0.2) is 6.10 Å². The van der Waals surface area contributed by atoms with Crippen LogP contribution in [-0.4, -0.2) is 37.2 Å². The molecule has 6 heteroatoms. The zero-order valence-electron chi connectivity index (χ0n) is 48.5. The molecule has 71 heavy (non-hydrogen) atoms. The lowest BCUT2D eigenvalue weighted by Crippen LogP contribution is -2.30. The SMILES string of the molecule is CCCCCCCCCCCCCCCCCCCCCCCCCC(=O)OCC(COC(=O)CCCCCCCCC)OC(=O)CCCCCCCCCCCCCCCCCCCCCCCCC. The number of unbranched alkanes of at least 4 members (excludes halogenated alkanes) is 50. The summed E-state index contributed by atoms with van der Waals surface area (Å²) in [6.45, 7) is 6.68. The summed E-state index contributed by atoms with van der Waals surface area (Å²) in [5, 5.41) is 0. The van der Waals surface area contributed by atoms with E-state index in [0.717, 1.165) is 57.8 Å². The van der Waals surface area contributed by atoms with Crippen LogP contribution in [0.1, 0.15) is 380 Å². The number of hydrogen-bond donors (Lipinski definition) is 0. The molecule has 422 valence electrons. The molecule has 0 aliphatic heterocycles. The van der Waals surface area contributed by atoms with Crippen molar-refractivity contribution < 1.29 is 28.6 Å². The largest absolute Gasteiger partial charge is 0.462 e. The highest BCUT2D eigenvalue weighted by atomic mass is 16.6. The van der Waals surface area contributed by atoms with Crippen LogP contribution >= 0.6 is 0 Å². The lowest BCUT2D eigenvalue weighted by Gasteiger charge is -2.18. The molecule has 0 fully saturated rings. The molecular formula is C65H126O6. The fourth-order valence-corrected chi connectivity index (χ4v) is 10.2. The van der Waals surface area contributed by atoms with E-state index in [1.54, 1.807) is 0 Å². The topological polar surface area (TPSA) is 78.9 Å². The van der Waals surface area contributed by atoms with Crippen molar-refractivity contribution in [3.63, 3.8) is 0 Å². The van der Waals surface area contributed by atoms with Crippen molar-refractivity contribution in [3.05, 3.63) is 0 Å². The summed E-state index contributed by atoms with van der Waals surface area (Å²) in [6.07, 6.45) is 70.1. The second-order valence-electron chi connectivity index (χ2n) is 22.4. The van der Waals surface area contributed by atoms with E-state index in [4.69, 9.17) is 14.2 Å². The predicted molar refractivity (Wildman–Crippen MR) is 307 cm³/mol. The summed E-state index contributed by atoms with van der Waals surface area (Å²) < 4.78 is 16.9.